The zero-order chi connectivity index (χ0) is 15.9. The molecule has 3 nitrogen and oxygen atoms in total. The number of anilines is 1. The Hall–Kier alpha value is -2.16. The van der Waals surface area contributed by atoms with Crippen molar-refractivity contribution < 1.29 is 9.47 Å². The highest BCUT2D eigenvalue weighted by Gasteiger charge is 2.07. The first kappa shape index (κ1) is 16.2. The van der Waals surface area contributed by atoms with E-state index in [1.807, 2.05) is 24.3 Å². The minimum atomic E-state index is 0.485. The van der Waals surface area contributed by atoms with Gasteiger partial charge in [0, 0.05) is 12.2 Å². The molecule has 0 atom stereocenters. The first-order valence-corrected chi connectivity index (χ1v) is 7.69. The minimum Gasteiger partial charge on any atom is -0.493 e. The molecule has 0 amide bonds. The van der Waals surface area contributed by atoms with E-state index in [9.17, 15) is 0 Å². The third-order valence-corrected chi connectivity index (χ3v) is 3.43. The fraction of sp³-hybridized carbons (Fsp3) is 0.368. The number of hydrogen-bond donors (Lipinski definition) is 1. The molecule has 0 radical (unpaired) electrons. The van der Waals surface area contributed by atoms with Crippen molar-refractivity contribution >= 4 is 5.69 Å². The van der Waals surface area contributed by atoms with Gasteiger partial charge in [0.25, 0.3) is 0 Å². The molecule has 0 aliphatic rings. The van der Waals surface area contributed by atoms with E-state index in [0.29, 0.717) is 12.5 Å². The lowest BCUT2D eigenvalue weighted by Gasteiger charge is -2.15. The van der Waals surface area contributed by atoms with Gasteiger partial charge in [-0.25, -0.2) is 0 Å². The maximum atomic E-state index is 5.85. The van der Waals surface area contributed by atoms with E-state index in [1.165, 1.54) is 11.1 Å². The summed E-state index contributed by atoms with van der Waals surface area (Å²) in [5, 5.41) is 3.46. The quantitative estimate of drug-likeness (QED) is 0.807. The Balaban J connectivity index is 2.08. The SMILES string of the molecule is COc1ccc(CNc2ccccc2C)cc1OCC(C)C. The van der Waals surface area contributed by atoms with Crippen molar-refractivity contribution in [3.63, 3.8) is 0 Å². The number of para-hydroxylation sites is 1. The number of rotatable bonds is 7. The van der Waals surface area contributed by atoms with Crippen molar-refractivity contribution in [3.8, 4) is 11.5 Å². The standard InChI is InChI=1S/C19H25NO2/c1-14(2)13-22-19-11-16(9-10-18(19)21-4)12-20-17-8-6-5-7-15(17)3/h5-11,14,20H,12-13H2,1-4H3. The highest BCUT2D eigenvalue weighted by atomic mass is 16.5. The minimum absolute atomic E-state index is 0.485. The van der Waals surface area contributed by atoms with E-state index in [1.54, 1.807) is 7.11 Å². The van der Waals surface area contributed by atoms with E-state index in [2.05, 4.69) is 44.3 Å². The zero-order valence-electron chi connectivity index (χ0n) is 13.8. The molecular weight excluding hydrogens is 274 g/mol. The number of hydrogen-bond acceptors (Lipinski definition) is 3. The van der Waals surface area contributed by atoms with Crippen molar-refractivity contribution in [1.82, 2.24) is 0 Å². The second kappa shape index (κ2) is 7.74. The average Bonchev–Trinajstić information content (AvgIpc) is 2.52. The maximum Gasteiger partial charge on any atom is 0.161 e. The largest absolute Gasteiger partial charge is 0.493 e. The molecule has 2 rings (SSSR count). The predicted molar refractivity (Wildman–Crippen MR) is 91.8 cm³/mol. The molecule has 2 aromatic carbocycles. The van der Waals surface area contributed by atoms with Gasteiger partial charge in [0.15, 0.2) is 11.5 Å². The molecule has 3 heteroatoms. The average molecular weight is 299 g/mol. The van der Waals surface area contributed by atoms with Crippen molar-refractivity contribution in [3.05, 3.63) is 53.6 Å². The normalized spacial score (nSPS) is 10.6. The molecule has 0 aliphatic carbocycles. The van der Waals surface area contributed by atoms with Crippen LogP contribution in [0, 0.1) is 12.8 Å². The van der Waals surface area contributed by atoms with Crippen LogP contribution in [0.5, 0.6) is 11.5 Å². The van der Waals surface area contributed by atoms with Crippen LogP contribution in [0.25, 0.3) is 0 Å². The highest BCUT2D eigenvalue weighted by molar-refractivity contribution is 5.51. The molecule has 1 N–H and O–H groups in total. The van der Waals surface area contributed by atoms with Gasteiger partial charge in [-0.05, 0) is 42.2 Å². The number of methoxy groups -OCH3 is 1. The number of nitrogens with one attached hydrogen (secondary N) is 1. The third-order valence-electron chi connectivity index (χ3n) is 3.43. The fourth-order valence-electron chi connectivity index (χ4n) is 2.17. The van der Waals surface area contributed by atoms with E-state index in [4.69, 9.17) is 9.47 Å². The molecule has 0 fully saturated rings. The van der Waals surface area contributed by atoms with Gasteiger partial charge >= 0.3 is 0 Å². The Labute approximate surface area is 133 Å². The zero-order valence-corrected chi connectivity index (χ0v) is 13.8. The van der Waals surface area contributed by atoms with Crippen LogP contribution in [0.2, 0.25) is 0 Å². The molecule has 2 aromatic rings. The highest BCUT2D eigenvalue weighted by Crippen LogP contribution is 2.29. The van der Waals surface area contributed by atoms with Gasteiger partial charge in [-0.3, -0.25) is 0 Å². The summed E-state index contributed by atoms with van der Waals surface area (Å²) in [4.78, 5) is 0. The van der Waals surface area contributed by atoms with Crippen LogP contribution in [-0.4, -0.2) is 13.7 Å². The van der Waals surface area contributed by atoms with Crippen LogP contribution >= 0.6 is 0 Å². The molecule has 22 heavy (non-hydrogen) atoms. The Morgan fingerprint density at radius 3 is 2.50 bits per heavy atom. The summed E-state index contributed by atoms with van der Waals surface area (Å²) in [6.07, 6.45) is 0. The van der Waals surface area contributed by atoms with Gasteiger partial charge in [-0.15, -0.1) is 0 Å². The Bertz CT molecular complexity index is 608. The summed E-state index contributed by atoms with van der Waals surface area (Å²) in [5.41, 5.74) is 3.57. The number of aryl methyl sites for hydroxylation is 1. The van der Waals surface area contributed by atoms with Crippen LogP contribution in [0.3, 0.4) is 0 Å². The Morgan fingerprint density at radius 1 is 1.05 bits per heavy atom. The molecule has 118 valence electrons. The molecule has 0 spiro atoms. The molecule has 0 saturated heterocycles. The van der Waals surface area contributed by atoms with Crippen molar-refractivity contribution in [1.29, 1.82) is 0 Å². The van der Waals surface area contributed by atoms with Gasteiger partial charge < -0.3 is 14.8 Å². The summed E-state index contributed by atoms with van der Waals surface area (Å²) in [5.74, 6) is 2.07. The van der Waals surface area contributed by atoms with E-state index in [0.717, 1.165) is 23.7 Å². The van der Waals surface area contributed by atoms with Crippen LogP contribution in [0.4, 0.5) is 5.69 Å². The van der Waals surface area contributed by atoms with Gasteiger partial charge in [-0.2, -0.15) is 0 Å². The van der Waals surface area contributed by atoms with E-state index < -0.39 is 0 Å². The van der Waals surface area contributed by atoms with Gasteiger partial charge in [0.2, 0.25) is 0 Å². The maximum absolute atomic E-state index is 5.85. The summed E-state index contributed by atoms with van der Waals surface area (Å²) >= 11 is 0. The second-order valence-corrected chi connectivity index (χ2v) is 5.86. The topological polar surface area (TPSA) is 30.5 Å². The first-order chi connectivity index (χ1) is 10.6. The van der Waals surface area contributed by atoms with Crippen LogP contribution in [0.15, 0.2) is 42.5 Å². The summed E-state index contributed by atoms with van der Waals surface area (Å²) in [6, 6.07) is 14.4. The molecule has 0 heterocycles. The fourth-order valence-corrected chi connectivity index (χ4v) is 2.17. The van der Waals surface area contributed by atoms with E-state index >= 15 is 0 Å². The van der Waals surface area contributed by atoms with Crippen molar-refractivity contribution in [2.24, 2.45) is 5.92 Å². The number of benzene rings is 2. The van der Waals surface area contributed by atoms with E-state index in [-0.39, 0.29) is 0 Å². The molecule has 0 bridgehead atoms. The molecular formula is C19H25NO2. The predicted octanol–water partition coefficient (Wildman–Crippen LogP) is 4.65. The molecule has 0 aliphatic heterocycles. The smallest absolute Gasteiger partial charge is 0.161 e. The summed E-state index contributed by atoms with van der Waals surface area (Å²) in [7, 11) is 1.67. The monoisotopic (exact) mass is 299 g/mol. The lowest BCUT2D eigenvalue weighted by Crippen LogP contribution is -2.07. The second-order valence-electron chi connectivity index (χ2n) is 5.86. The lowest BCUT2D eigenvalue weighted by atomic mass is 10.1. The third kappa shape index (κ3) is 4.42. The molecule has 0 saturated carbocycles. The molecule has 0 unspecified atom stereocenters. The van der Waals surface area contributed by atoms with Gasteiger partial charge in [-0.1, -0.05) is 38.1 Å². The molecule has 0 aromatic heterocycles. The van der Waals surface area contributed by atoms with Crippen molar-refractivity contribution in [2.45, 2.75) is 27.3 Å². The lowest BCUT2D eigenvalue weighted by molar-refractivity contribution is 0.256. The van der Waals surface area contributed by atoms with Crippen LogP contribution < -0.4 is 14.8 Å². The van der Waals surface area contributed by atoms with Gasteiger partial charge in [0.1, 0.15) is 0 Å². The van der Waals surface area contributed by atoms with Crippen LogP contribution in [0.1, 0.15) is 25.0 Å². The first-order valence-electron chi connectivity index (χ1n) is 7.69. The summed E-state index contributed by atoms with van der Waals surface area (Å²) in [6.45, 7) is 7.82. The summed E-state index contributed by atoms with van der Waals surface area (Å²) < 4.78 is 11.2. The Kier molecular flexibility index (Phi) is 5.70. The van der Waals surface area contributed by atoms with Crippen molar-refractivity contribution in [2.75, 3.05) is 19.0 Å². The number of ether oxygens (including phenoxy) is 2. The van der Waals surface area contributed by atoms with Gasteiger partial charge in [0.05, 0.1) is 13.7 Å². The Morgan fingerprint density at radius 2 is 1.82 bits per heavy atom. The van der Waals surface area contributed by atoms with Crippen LogP contribution in [-0.2, 0) is 6.54 Å².